The number of hydrogen-bond donors (Lipinski definition) is 2. The first-order valence-corrected chi connectivity index (χ1v) is 6.65. The third-order valence-electron chi connectivity index (χ3n) is 3.67. The second-order valence-electron chi connectivity index (χ2n) is 5.02. The number of hydrogen-bond acceptors (Lipinski definition) is 3. The van der Waals surface area contributed by atoms with Crippen molar-refractivity contribution in [1.82, 2.24) is 5.43 Å². The molecule has 1 heterocycles. The maximum absolute atomic E-state index is 14.0. The predicted molar refractivity (Wildman–Crippen MR) is 69.4 cm³/mol. The minimum absolute atomic E-state index is 0.0282. The van der Waals surface area contributed by atoms with Gasteiger partial charge in [0.2, 0.25) is 0 Å². The Hall–Kier alpha value is -1.04. The largest absolute Gasteiger partial charge is 0.378 e. The van der Waals surface area contributed by atoms with Crippen LogP contribution in [0.3, 0.4) is 0 Å². The first-order valence-electron chi connectivity index (χ1n) is 6.65. The third kappa shape index (κ3) is 3.29. The topological polar surface area (TPSA) is 47.3 Å². The molecular formula is C14H20F2N2O. The molecule has 3 N–H and O–H groups in total. The van der Waals surface area contributed by atoms with E-state index in [0.717, 1.165) is 25.9 Å². The number of nitrogens with two attached hydrogens (primary N) is 1. The fourth-order valence-corrected chi connectivity index (χ4v) is 2.53. The lowest BCUT2D eigenvalue weighted by molar-refractivity contribution is 0.0993. The van der Waals surface area contributed by atoms with Gasteiger partial charge in [-0.25, -0.2) is 8.78 Å². The van der Waals surface area contributed by atoms with Gasteiger partial charge in [-0.05, 0) is 44.2 Å². The van der Waals surface area contributed by atoms with E-state index in [0.29, 0.717) is 12.0 Å². The van der Waals surface area contributed by atoms with Crippen molar-refractivity contribution < 1.29 is 13.5 Å². The number of ether oxygens (including phenoxy) is 1. The van der Waals surface area contributed by atoms with Crippen LogP contribution in [0.5, 0.6) is 0 Å². The molecule has 2 atom stereocenters. The lowest BCUT2D eigenvalue weighted by Gasteiger charge is -2.20. The number of hydrazine groups is 1. The summed E-state index contributed by atoms with van der Waals surface area (Å²) >= 11 is 0. The summed E-state index contributed by atoms with van der Waals surface area (Å²) in [5.74, 6) is 4.38. The zero-order chi connectivity index (χ0) is 13.8. The molecule has 0 spiro atoms. The molecule has 106 valence electrons. The van der Waals surface area contributed by atoms with Crippen molar-refractivity contribution >= 4 is 0 Å². The summed E-state index contributed by atoms with van der Waals surface area (Å²) in [4.78, 5) is 0. The fraction of sp³-hybridized carbons (Fsp3) is 0.571. The molecule has 1 fully saturated rings. The Morgan fingerprint density at radius 2 is 2.26 bits per heavy atom. The van der Waals surface area contributed by atoms with Gasteiger partial charge in [0.05, 0.1) is 12.1 Å². The fourth-order valence-electron chi connectivity index (χ4n) is 2.53. The molecule has 2 unspecified atom stereocenters. The summed E-state index contributed by atoms with van der Waals surface area (Å²) in [5.41, 5.74) is 2.97. The molecular weight excluding hydrogens is 250 g/mol. The molecule has 1 aliphatic rings. The van der Waals surface area contributed by atoms with Crippen LogP contribution in [0.2, 0.25) is 0 Å². The van der Waals surface area contributed by atoms with Crippen molar-refractivity contribution in [2.75, 3.05) is 6.61 Å². The molecule has 1 aromatic carbocycles. The molecule has 1 aliphatic heterocycles. The molecule has 0 aromatic heterocycles. The maximum Gasteiger partial charge on any atom is 0.133 e. The zero-order valence-corrected chi connectivity index (χ0v) is 11.1. The van der Waals surface area contributed by atoms with Crippen LogP contribution in [0.4, 0.5) is 8.78 Å². The van der Waals surface area contributed by atoms with E-state index in [2.05, 4.69) is 5.43 Å². The predicted octanol–water partition coefficient (Wildman–Crippen LogP) is 2.74. The average Bonchev–Trinajstić information content (AvgIpc) is 2.91. The SMILES string of the molecule is Cc1ccc(F)c(C(CCC2CCCO2)NN)c1F. The van der Waals surface area contributed by atoms with Crippen LogP contribution in [0.25, 0.3) is 0 Å². The Bertz CT molecular complexity index is 434. The van der Waals surface area contributed by atoms with Crippen LogP contribution in [0.1, 0.15) is 42.9 Å². The van der Waals surface area contributed by atoms with E-state index >= 15 is 0 Å². The highest BCUT2D eigenvalue weighted by Gasteiger charge is 2.23. The molecule has 0 saturated carbocycles. The van der Waals surface area contributed by atoms with Gasteiger partial charge >= 0.3 is 0 Å². The van der Waals surface area contributed by atoms with E-state index in [1.807, 2.05) is 0 Å². The van der Waals surface area contributed by atoms with Crippen molar-refractivity contribution in [3.05, 3.63) is 34.9 Å². The van der Waals surface area contributed by atoms with Crippen LogP contribution in [-0.2, 0) is 4.74 Å². The Balaban J connectivity index is 2.10. The van der Waals surface area contributed by atoms with Crippen LogP contribution >= 0.6 is 0 Å². The summed E-state index contributed by atoms with van der Waals surface area (Å²) in [6, 6.07) is 2.19. The first kappa shape index (κ1) is 14.4. The monoisotopic (exact) mass is 270 g/mol. The second kappa shape index (κ2) is 6.41. The van der Waals surface area contributed by atoms with E-state index in [4.69, 9.17) is 10.6 Å². The maximum atomic E-state index is 14.0. The first-order chi connectivity index (χ1) is 9.13. The van der Waals surface area contributed by atoms with Gasteiger partial charge in [0.25, 0.3) is 0 Å². The highest BCUT2D eigenvalue weighted by atomic mass is 19.1. The lowest BCUT2D eigenvalue weighted by Crippen LogP contribution is -2.30. The van der Waals surface area contributed by atoms with Gasteiger partial charge in [0.15, 0.2) is 0 Å². The van der Waals surface area contributed by atoms with Gasteiger partial charge in [0.1, 0.15) is 11.6 Å². The molecule has 0 aliphatic carbocycles. The number of benzene rings is 1. The van der Waals surface area contributed by atoms with Gasteiger partial charge in [-0.3, -0.25) is 11.3 Å². The Kier molecular flexibility index (Phi) is 4.85. The lowest BCUT2D eigenvalue weighted by atomic mass is 9.97. The van der Waals surface area contributed by atoms with E-state index in [9.17, 15) is 8.78 Å². The van der Waals surface area contributed by atoms with Crippen molar-refractivity contribution in [1.29, 1.82) is 0 Å². The second-order valence-corrected chi connectivity index (χ2v) is 5.02. The van der Waals surface area contributed by atoms with E-state index in [1.54, 1.807) is 6.92 Å². The molecule has 0 amide bonds. The van der Waals surface area contributed by atoms with Crippen molar-refractivity contribution in [2.24, 2.45) is 5.84 Å². The summed E-state index contributed by atoms with van der Waals surface area (Å²) < 4.78 is 33.3. The molecule has 5 heteroatoms. The molecule has 1 saturated heterocycles. The van der Waals surface area contributed by atoms with Crippen molar-refractivity contribution in [2.45, 2.75) is 44.8 Å². The minimum Gasteiger partial charge on any atom is -0.378 e. The molecule has 0 bridgehead atoms. The molecule has 19 heavy (non-hydrogen) atoms. The van der Waals surface area contributed by atoms with Gasteiger partial charge in [0, 0.05) is 12.2 Å². The normalized spacial score (nSPS) is 20.7. The van der Waals surface area contributed by atoms with Crippen LogP contribution in [-0.4, -0.2) is 12.7 Å². The number of halogens is 2. The molecule has 0 radical (unpaired) electrons. The highest BCUT2D eigenvalue weighted by molar-refractivity contribution is 5.29. The summed E-state index contributed by atoms with van der Waals surface area (Å²) in [6.45, 7) is 2.39. The number of aryl methyl sites for hydroxylation is 1. The third-order valence-corrected chi connectivity index (χ3v) is 3.67. The van der Waals surface area contributed by atoms with Gasteiger partial charge in [-0.15, -0.1) is 0 Å². The standard InChI is InChI=1S/C14H20F2N2O/c1-9-4-6-11(15)13(14(9)16)12(18-17)7-5-10-3-2-8-19-10/h4,6,10,12,18H,2-3,5,7-8,17H2,1H3. The minimum atomic E-state index is -0.557. The van der Waals surface area contributed by atoms with Gasteiger partial charge < -0.3 is 4.74 Å². The van der Waals surface area contributed by atoms with Crippen molar-refractivity contribution in [3.63, 3.8) is 0 Å². The smallest absolute Gasteiger partial charge is 0.133 e. The summed E-state index contributed by atoms with van der Waals surface area (Å²) in [6.07, 6.45) is 3.56. The molecule has 3 nitrogen and oxygen atoms in total. The van der Waals surface area contributed by atoms with E-state index in [-0.39, 0.29) is 11.7 Å². The van der Waals surface area contributed by atoms with E-state index in [1.165, 1.54) is 12.1 Å². The van der Waals surface area contributed by atoms with Crippen LogP contribution in [0, 0.1) is 18.6 Å². The molecule has 2 rings (SSSR count). The van der Waals surface area contributed by atoms with Crippen molar-refractivity contribution in [3.8, 4) is 0 Å². The van der Waals surface area contributed by atoms with Crippen LogP contribution < -0.4 is 11.3 Å². The van der Waals surface area contributed by atoms with Crippen LogP contribution in [0.15, 0.2) is 12.1 Å². The summed E-state index contributed by atoms with van der Waals surface area (Å²) in [7, 11) is 0. The molecule has 1 aromatic rings. The van der Waals surface area contributed by atoms with E-state index < -0.39 is 17.7 Å². The Morgan fingerprint density at radius 3 is 2.89 bits per heavy atom. The average molecular weight is 270 g/mol. The number of nitrogens with one attached hydrogen (secondary N) is 1. The van der Waals surface area contributed by atoms with Gasteiger partial charge in [-0.1, -0.05) is 6.07 Å². The Morgan fingerprint density at radius 1 is 1.47 bits per heavy atom. The van der Waals surface area contributed by atoms with Gasteiger partial charge in [-0.2, -0.15) is 0 Å². The summed E-state index contributed by atoms with van der Waals surface area (Å²) in [5, 5.41) is 0. The highest BCUT2D eigenvalue weighted by Crippen LogP contribution is 2.28. The number of rotatable bonds is 5. The Labute approximate surface area is 112 Å². The zero-order valence-electron chi connectivity index (χ0n) is 11.1. The quantitative estimate of drug-likeness (QED) is 0.639.